The molecule has 1 amide bonds. The van der Waals surface area contributed by atoms with E-state index in [4.69, 9.17) is 0 Å². The Hall–Kier alpha value is -2.74. The summed E-state index contributed by atoms with van der Waals surface area (Å²) in [6.07, 6.45) is 1.26. The summed E-state index contributed by atoms with van der Waals surface area (Å²) in [6, 6.07) is 5.64. The third-order valence-corrected chi connectivity index (χ3v) is 4.15. The first-order valence-electron chi connectivity index (χ1n) is 8.49. The Morgan fingerprint density at radius 3 is 2.54 bits per heavy atom. The van der Waals surface area contributed by atoms with Crippen molar-refractivity contribution in [2.75, 3.05) is 19.6 Å². The molecule has 8 heteroatoms. The van der Waals surface area contributed by atoms with Crippen molar-refractivity contribution in [1.29, 1.82) is 0 Å². The van der Waals surface area contributed by atoms with Gasteiger partial charge in [-0.3, -0.25) is 14.2 Å². The van der Waals surface area contributed by atoms with Crippen LogP contribution < -0.4 is 10.9 Å². The Bertz CT molecular complexity index is 801. The average Bonchev–Trinajstić information content (AvgIpc) is 2.65. The topological polar surface area (TPSA) is 87.5 Å². The van der Waals surface area contributed by atoms with Crippen LogP contribution >= 0.6 is 0 Å². The summed E-state index contributed by atoms with van der Waals surface area (Å²) in [7, 11) is 0. The molecule has 0 atom stereocenters. The summed E-state index contributed by atoms with van der Waals surface area (Å²) in [6.45, 7) is 6.91. The summed E-state index contributed by atoms with van der Waals surface area (Å²) in [4.78, 5) is 30.4. The lowest BCUT2D eigenvalue weighted by molar-refractivity contribution is 0.0942. The van der Waals surface area contributed by atoms with Crippen molar-refractivity contribution < 1.29 is 14.3 Å². The number of halogens is 1. The number of aromatic hydroxyl groups is 1. The molecule has 0 aliphatic heterocycles. The lowest BCUT2D eigenvalue weighted by Crippen LogP contribution is -2.32. The maximum Gasteiger partial charge on any atom is 0.296 e. The van der Waals surface area contributed by atoms with Crippen molar-refractivity contribution in [3.8, 4) is 5.75 Å². The molecule has 2 rings (SSSR count). The zero-order chi connectivity index (χ0) is 19.1. The van der Waals surface area contributed by atoms with Crippen LogP contribution in [0.25, 0.3) is 0 Å². The van der Waals surface area contributed by atoms with Crippen LogP contribution in [0.1, 0.15) is 29.9 Å². The monoisotopic (exact) mass is 362 g/mol. The van der Waals surface area contributed by atoms with Gasteiger partial charge in [-0.2, -0.15) is 0 Å². The van der Waals surface area contributed by atoms with Gasteiger partial charge in [0, 0.05) is 19.6 Å². The van der Waals surface area contributed by atoms with Crippen LogP contribution in [-0.2, 0) is 13.1 Å². The molecule has 7 nitrogen and oxygen atoms in total. The molecule has 1 aromatic carbocycles. The van der Waals surface area contributed by atoms with E-state index in [-0.39, 0.29) is 18.1 Å². The summed E-state index contributed by atoms with van der Waals surface area (Å²) in [5.41, 5.74) is -0.290. The first-order chi connectivity index (χ1) is 12.5. The number of carbonyl (C=O) groups is 1. The van der Waals surface area contributed by atoms with E-state index in [0.29, 0.717) is 18.7 Å². The molecule has 0 saturated heterocycles. The Balaban J connectivity index is 2.05. The van der Waals surface area contributed by atoms with Crippen LogP contribution in [-0.4, -0.2) is 45.1 Å². The molecule has 0 unspecified atom stereocenters. The molecule has 0 spiro atoms. The number of rotatable bonds is 8. The normalized spacial score (nSPS) is 10.9. The highest BCUT2D eigenvalue weighted by molar-refractivity contribution is 5.94. The quantitative estimate of drug-likeness (QED) is 0.740. The number of likely N-dealkylation sites (N-methyl/N-ethyl adjacent to an activating group) is 1. The van der Waals surface area contributed by atoms with E-state index < -0.39 is 17.2 Å². The maximum absolute atomic E-state index is 12.9. The van der Waals surface area contributed by atoms with Crippen LogP contribution in [0, 0.1) is 5.82 Å². The highest BCUT2D eigenvalue weighted by Crippen LogP contribution is 2.08. The van der Waals surface area contributed by atoms with E-state index in [9.17, 15) is 19.1 Å². The highest BCUT2D eigenvalue weighted by Gasteiger charge is 2.17. The SMILES string of the molecule is CCN(CC)CCn1cnc(C(=O)NCc2ccc(F)cc2)c(O)c1=O. The Labute approximate surface area is 151 Å². The second-order valence-electron chi connectivity index (χ2n) is 5.78. The number of nitrogens with one attached hydrogen (secondary N) is 1. The lowest BCUT2D eigenvalue weighted by atomic mass is 10.2. The number of carbonyl (C=O) groups excluding carboxylic acids is 1. The predicted octanol–water partition coefficient (Wildman–Crippen LogP) is 1.36. The maximum atomic E-state index is 12.9. The minimum absolute atomic E-state index is 0.130. The zero-order valence-corrected chi connectivity index (χ0v) is 14.9. The van der Waals surface area contributed by atoms with Gasteiger partial charge in [-0.25, -0.2) is 9.37 Å². The summed E-state index contributed by atoms with van der Waals surface area (Å²) < 4.78 is 14.2. The largest absolute Gasteiger partial charge is 0.501 e. The molecule has 140 valence electrons. The number of aromatic nitrogens is 2. The molecule has 0 aliphatic rings. The van der Waals surface area contributed by atoms with Crippen molar-refractivity contribution in [1.82, 2.24) is 19.8 Å². The fraction of sp³-hybridized carbons (Fsp3) is 0.389. The fourth-order valence-electron chi connectivity index (χ4n) is 2.46. The van der Waals surface area contributed by atoms with Gasteiger partial charge in [-0.15, -0.1) is 0 Å². The van der Waals surface area contributed by atoms with Crippen LogP contribution in [0.4, 0.5) is 4.39 Å². The summed E-state index contributed by atoms with van der Waals surface area (Å²) >= 11 is 0. The molecule has 1 aromatic heterocycles. The van der Waals surface area contributed by atoms with Gasteiger partial charge in [0.1, 0.15) is 5.82 Å². The lowest BCUT2D eigenvalue weighted by Gasteiger charge is -2.18. The molecule has 0 radical (unpaired) electrons. The molecule has 0 saturated carbocycles. The number of amides is 1. The van der Waals surface area contributed by atoms with E-state index >= 15 is 0 Å². The van der Waals surface area contributed by atoms with Gasteiger partial charge < -0.3 is 15.3 Å². The minimum Gasteiger partial charge on any atom is -0.501 e. The molecule has 0 bridgehead atoms. The van der Waals surface area contributed by atoms with E-state index in [1.165, 1.54) is 35.2 Å². The van der Waals surface area contributed by atoms with Crippen molar-refractivity contribution in [3.05, 3.63) is 58.0 Å². The summed E-state index contributed by atoms with van der Waals surface area (Å²) in [5, 5.41) is 12.6. The number of nitrogens with zero attached hydrogens (tertiary/aromatic N) is 3. The van der Waals surface area contributed by atoms with E-state index in [1.807, 2.05) is 13.8 Å². The van der Waals surface area contributed by atoms with E-state index in [1.54, 1.807) is 0 Å². The second-order valence-corrected chi connectivity index (χ2v) is 5.78. The average molecular weight is 362 g/mol. The first kappa shape index (κ1) is 19.6. The predicted molar refractivity (Wildman–Crippen MR) is 95.5 cm³/mol. The van der Waals surface area contributed by atoms with Gasteiger partial charge >= 0.3 is 0 Å². The van der Waals surface area contributed by atoms with Gasteiger partial charge in [-0.1, -0.05) is 26.0 Å². The van der Waals surface area contributed by atoms with Crippen molar-refractivity contribution in [3.63, 3.8) is 0 Å². The minimum atomic E-state index is -0.677. The smallest absolute Gasteiger partial charge is 0.296 e. The van der Waals surface area contributed by atoms with Crippen LogP contribution in [0.15, 0.2) is 35.4 Å². The Morgan fingerprint density at radius 2 is 1.92 bits per heavy atom. The van der Waals surface area contributed by atoms with Crippen molar-refractivity contribution >= 4 is 5.91 Å². The van der Waals surface area contributed by atoms with Gasteiger partial charge in [0.15, 0.2) is 5.69 Å². The molecule has 1 heterocycles. The van der Waals surface area contributed by atoms with Gasteiger partial charge in [0.2, 0.25) is 5.75 Å². The van der Waals surface area contributed by atoms with E-state index in [2.05, 4.69) is 15.2 Å². The molecular formula is C18H23FN4O3. The second kappa shape index (κ2) is 9.10. The first-order valence-corrected chi connectivity index (χ1v) is 8.49. The highest BCUT2D eigenvalue weighted by atomic mass is 19.1. The molecule has 26 heavy (non-hydrogen) atoms. The molecule has 2 aromatic rings. The van der Waals surface area contributed by atoms with Crippen molar-refractivity contribution in [2.45, 2.75) is 26.9 Å². The van der Waals surface area contributed by atoms with Crippen LogP contribution in [0.2, 0.25) is 0 Å². The zero-order valence-electron chi connectivity index (χ0n) is 14.9. The Morgan fingerprint density at radius 1 is 1.27 bits per heavy atom. The summed E-state index contributed by atoms with van der Waals surface area (Å²) in [5.74, 6) is -1.71. The van der Waals surface area contributed by atoms with Gasteiger partial charge in [-0.05, 0) is 30.8 Å². The molecule has 2 N–H and O–H groups in total. The fourth-order valence-corrected chi connectivity index (χ4v) is 2.46. The molecule has 0 aliphatic carbocycles. The van der Waals surface area contributed by atoms with Crippen LogP contribution in [0.5, 0.6) is 5.75 Å². The van der Waals surface area contributed by atoms with Crippen molar-refractivity contribution in [2.24, 2.45) is 0 Å². The van der Waals surface area contributed by atoms with Gasteiger partial charge in [0.05, 0.1) is 6.33 Å². The number of benzene rings is 1. The third kappa shape index (κ3) is 4.89. The van der Waals surface area contributed by atoms with Crippen LogP contribution in [0.3, 0.4) is 0 Å². The number of hydrogen-bond donors (Lipinski definition) is 2. The van der Waals surface area contributed by atoms with E-state index in [0.717, 1.165) is 13.1 Å². The standard InChI is InChI=1S/C18H23FN4O3/c1-3-22(4-2)9-10-23-12-21-15(16(24)18(23)26)17(25)20-11-13-5-7-14(19)8-6-13/h5-8,12,24H,3-4,9-11H2,1-2H3,(H,20,25). The Kier molecular flexibility index (Phi) is 6.85. The molecule has 0 fully saturated rings. The molecular weight excluding hydrogens is 339 g/mol. The number of hydrogen-bond acceptors (Lipinski definition) is 5. The third-order valence-electron chi connectivity index (χ3n) is 4.15. The van der Waals surface area contributed by atoms with Gasteiger partial charge in [0.25, 0.3) is 11.5 Å².